The molecule has 2 atom stereocenters. The zero-order valence-electron chi connectivity index (χ0n) is 19.2. The fourth-order valence-corrected chi connectivity index (χ4v) is 5.64. The van der Waals surface area contributed by atoms with Crippen LogP contribution in [0.4, 0.5) is 0 Å². The van der Waals surface area contributed by atoms with Gasteiger partial charge in [0.05, 0.1) is 12.0 Å². The third kappa shape index (κ3) is 4.27. The summed E-state index contributed by atoms with van der Waals surface area (Å²) in [6.07, 6.45) is 0.709. The van der Waals surface area contributed by atoms with E-state index in [1.807, 2.05) is 91.0 Å². The van der Waals surface area contributed by atoms with Crippen LogP contribution in [-0.2, 0) is 15.1 Å². The van der Waals surface area contributed by atoms with E-state index in [2.05, 4.69) is 4.90 Å². The van der Waals surface area contributed by atoms with E-state index in [1.54, 1.807) is 0 Å². The molecule has 3 heterocycles. The summed E-state index contributed by atoms with van der Waals surface area (Å²) in [4.78, 5) is 15.6. The molecule has 3 aromatic carbocycles. The standard InChI is InChI=1S/C29H31NO4/c31-26(20-28(32)21-30-18-16-23(28)17-19-30)34-27(22-10-4-1-5-11-22)29(33,24-12-6-2-7-13-24)25-14-8-3-9-15-25/h1-15,23,27,32-33H,16-21H2/t27-,28-/m0/s1. The van der Waals surface area contributed by atoms with Crippen LogP contribution in [0.15, 0.2) is 91.0 Å². The first kappa shape index (κ1) is 22.8. The number of ether oxygens (including phenoxy) is 1. The van der Waals surface area contributed by atoms with Gasteiger partial charge in [0, 0.05) is 6.54 Å². The van der Waals surface area contributed by atoms with Gasteiger partial charge in [0.25, 0.3) is 0 Å². The highest BCUT2D eigenvalue weighted by atomic mass is 16.6. The van der Waals surface area contributed by atoms with Crippen molar-refractivity contribution < 1.29 is 19.7 Å². The van der Waals surface area contributed by atoms with Crippen molar-refractivity contribution in [3.8, 4) is 0 Å². The van der Waals surface area contributed by atoms with Crippen molar-refractivity contribution in [3.63, 3.8) is 0 Å². The van der Waals surface area contributed by atoms with Crippen LogP contribution in [0.5, 0.6) is 0 Å². The normalized spacial score (nSPS) is 25.0. The van der Waals surface area contributed by atoms with E-state index in [9.17, 15) is 15.0 Å². The number of benzene rings is 3. The molecular formula is C29H31NO4. The molecule has 0 aliphatic carbocycles. The Morgan fingerprint density at radius 3 is 1.88 bits per heavy atom. The summed E-state index contributed by atoms with van der Waals surface area (Å²) < 4.78 is 6.12. The number of hydrogen-bond acceptors (Lipinski definition) is 5. The van der Waals surface area contributed by atoms with Gasteiger partial charge in [0.15, 0.2) is 11.7 Å². The van der Waals surface area contributed by atoms with Crippen molar-refractivity contribution in [1.29, 1.82) is 0 Å². The highest BCUT2D eigenvalue weighted by molar-refractivity contribution is 5.71. The van der Waals surface area contributed by atoms with Gasteiger partial charge in [0.1, 0.15) is 0 Å². The number of hydrogen-bond donors (Lipinski definition) is 2. The molecule has 5 heteroatoms. The molecule has 3 aromatic rings. The van der Waals surface area contributed by atoms with Gasteiger partial charge in [-0.3, -0.25) is 4.79 Å². The molecule has 0 unspecified atom stereocenters. The minimum absolute atomic E-state index is 0.0862. The third-order valence-corrected chi connectivity index (χ3v) is 7.45. The zero-order chi connectivity index (χ0) is 23.6. The van der Waals surface area contributed by atoms with Gasteiger partial charge >= 0.3 is 5.97 Å². The summed E-state index contributed by atoms with van der Waals surface area (Å²) in [5.41, 5.74) is -0.760. The first-order valence-corrected chi connectivity index (χ1v) is 12.0. The van der Waals surface area contributed by atoms with Crippen LogP contribution in [0.2, 0.25) is 0 Å². The van der Waals surface area contributed by atoms with Crippen LogP contribution in [0.1, 0.15) is 42.1 Å². The molecule has 34 heavy (non-hydrogen) atoms. The lowest BCUT2D eigenvalue weighted by atomic mass is 9.73. The number of fused-ring (bicyclic) bond motifs is 3. The van der Waals surface area contributed by atoms with Gasteiger partial charge in [-0.05, 0) is 48.5 Å². The third-order valence-electron chi connectivity index (χ3n) is 7.45. The second-order valence-corrected chi connectivity index (χ2v) is 9.61. The van der Waals surface area contributed by atoms with Gasteiger partial charge in [-0.15, -0.1) is 0 Å². The molecule has 6 rings (SSSR count). The van der Waals surface area contributed by atoms with Gasteiger partial charge in [0.2, 0.25) is 0 Å². The Morgan fingerprint density at radius 2 is 1.41 bits per heavy atom. The van der Waals surface area contributed by atoms with Crippen molar-refractivity contribution >= 4 is 5.97 Å². The Kier molecular flexibility index (Phi) is 6.26. The van der Waals surface area contributed by atoms with Crippen molar-refractivity contribution in [3.05, 3.63) is 108 Å². The number of rotatable bonds is 7. The van der Waals surface area contributed by atoms with E-state index in [0.29, 0.717) is 23.2 Å². The topological polar surface area (TPSA) is 70.0 Å². The number of carbonyl (C=O) groups is 1. The average molecular weight is 458 g/mol. The Bertz CT molecular complexity index is 1060. The predicted molar refractivity (Wildman–Crippen MR) is 130 cm³/mol. The van der Waals surface area contributed by atoms with Crippen molar-refractivity contribution in [2.45, 2.75) is 36.6 Å². The SMILES string of the molecule is O=C(C[C@]1(O)CN2CCC1CC2)O[C@@H](c1ccccc1)C(O)(c1ccccc1)c1ccccc1. The zero-order valence-corrected chi connectivity index (χ0v) is 19.2. The van der Waals surface area contributed by atoms with E-state index >= 15 is 0 Å². The predicted octanol–water partition coefficient (Wildman–Crippen LogP) is 4.05. The first-order valence-electron chi connectivity index (χ1n) is 12.0. The molecule has 3 aliphatic rings. The van der Waals surface area contributed by atoms with Crippen LogP contribution < -0.4 is 0 Å². The second kappa shape index (κ2) is 9.34. The molecule has 0 spiro atoms. The molecule has 2 N–H and O–H groups in total. The quantitative estimate of drug-likeness (QED) is 0.524. The number of carbonyl (C=O) groups excluding carboxylic acids is 1. The van der Waals surface area contributed by atoms with E-state index in [1.165, 1.54) is 0 Å². The minimum atomic E-state index is -1.61. The maximum atomic E-state index is 13.4. The van der Waals surface area contributed by atoms with E-state index < -0.39 is 23.3 Å². The maximum absolute atomic E-state index is 13.4. The molecule has 0 radical (unpaired) electrons. The average Bonchev–Trinajstić information content (AvgIpc) is 2.88. The molecule has 3 saturated heterocycles. The van der Waals surface area contributed by atoms with Crippen LogP contribution >= 0.6 is 0 Å². The molecule has 0 amide bonds. The van der Waals surface area contributed by atoms with Crippen LogP contribution in [0, 0.1) is 5.92 Å². The summed E-state index contributed by atoms with van der Waals surface area (Å²) in [5, 5.41) is 23.7. The highest BCUT2D eigenvalue weighted by Crippen LogP contribution is 2.44. The lowest BCUT2D eigenvalue weighted by molar-refractivity contribution is -0.177. The largest absolute Gasteiger partial charge is 0.454 e. The first-order chi connectivity index (χ1) is 16.5. The summed E-state index contributed by atoms with van der Waals surface area (Å²) in [6, 6.07) is 28.0. The Labute approximate surface area is 200 Å². The van der Waals surface area contributed by atoms with Crippen molar-refractivity contribution in [1.82, 2.24) is 4.90 Å². The fraction of sp³-hybridized carbons (Fsp3) is 0.345. The monoisotopic (exact) mass is 457 g/mol. The highest BCUT2D eigenvalue weighted by Gasteiger charge is 2.49. The molecule has 176 valence electrons. The smallest absolute Gasteiger partial charge is 0.309 e. The van der Waals surface area contributed by atoms with Crippen LogP contribution in [-0.4, -0.2) is 46.3 Å². The van der Waals surface area contributed by atoms with Crippen LogP contribution in [0.3, 0.4) is 0 Å². The minimum Gasteiger partial charge on any atom is -0.454 e. The molecule has 2 bridgehead atoms. The van der Waals surface area contributed by atoms with Crippen molar-refractivity contribution in [2.24, 2.45) is 5.92 Å². The Morgan fingerprint density at radius 1 is 0.912 bits per heavy atom. The summed E-state index contributed by atoms with van der Waals surface area (Å²) in [5.74, 6) is -0.405. The number of aliphatic hydroxyl groups is 2. The number of esters is 1. The van der Waals surface area contributed by atoms with Gasteiger partial charge in [-0.1, -0.05) is 91.0 Å². The number of piperidine rings is 3. The molecule has 0 aromatic heterocycles. The molecule has 5 nitrogen and oxygen atoms in total. The van der Waals surface area contributed by atoms with Crippen LogP contribution in [0.25, 0.3) is 0 Å². The Balaban J connectivity index is 1.52. The van der Waals surface area contributed by atoms with E-state index in [0.717, 1.165) is 25.9 Å². The molecule has 3 aliphatic heterocycles. The Hall–Kier alpha value is -2.99. The van der Waals surface area contributed by atoms with Crippen molar-refractivity contribution in [2.75, 3.05) is 19.6 Å². The molecule has 0 saturated carbocycles. The molecule has 3 fully saturated rings. The summed E-state index contributed by atoms with van der Waals surface area (Å²) >= 11 is 0. The number of nitrogens with zero attached hydrogens (tertiary/aromatic N) is 1. The summed E-state index contributed by atoms with van der Waals surface area (Å²) in [7, 11) is 0. The van der Waals surface area contributed by atoms with Gasteiger partial charge in [-0.2, -0.15) is 0 Å². The van der Waals surface area contributed by atoms with E-state index in [4.69, 9.17) is 4.74 Å². The lowest BCUT2D eigenvalue weighted by Gasteiger charge is -2.50. The second-order valence-electron chi connectivity index (χ2n) is 9.61. The van der Waals surface area contributed by atoms with Gasteiger partial charge < -0.3 is 19.8 Å². The fourth-order valence-electron chi connectivity index (χ4n) is 5.64. The molecular weight excluding hydrogens is 426 g/mol. The maximum Gasteiger partial charge on any atom is 0.309 e. The van der Waals surface area contributed by atoms with Gasteiger partial charge in [-0.25, -0.2) is 0 Å². The lowest BCUT2D eigenvalue weighted by Crippen LogP contribution is -2.60. The van der Waals surface area contributed by atoms with E-state index in [-0.39, 0.29) is 12.3 Å². The summed E-state index contributed by atoms with van der Waals surface area (Å²) in [6.45, 7) is 2.43.